The summed E-state index contributed by atoms with van der Waals surface area (Å²) in [7, 11) is 0. The molecule has 2 aromatic rings. The minimum Gasteiger partial charge on any atom is -0.379 e. The van der Waals surface area contributed by atoms with Crippen molar-refractivity contribution < 1.29 is 4.74 Å². The Labute approximate surface area is 174 Å². The van der Waals surface area contributed by atoms with Crippen LogP contribution >= 0.6 is 12.2 Å². The molecule has 2 N–H and O–H groups in total. The summed E-state index contributed by atoms with van der Waals surface area (Å²) in [5, 5.41) is 7.47. The maximum Gasteiger partial charge on any atom is 0.166 e. The Bertz CT molecular complexity index is 650. The average molecular weight is 398 g/mol. The van der Waals surface area contributed by atoms with E-state index in [-0.39, 0.29) is 0 Å². The van der Waals surface area contributed by atoms with E-state index in [9.17, 15) is 0 Å². The third-order valence-electron chi connectivity index (χ3n) is 5.16. The fourth-order valence-corrected chi connectivity index (χ4v) is 3.82. The van der Waals surface area contributed by atoms with Gasteiger partial charge in [0.1, 0.15) is 0 Å². The summed E-state index contributed by atoms with van der Waals surface area (Å²) in [6.07, 6.45) is 2.10. The van der Waals surface area contributed by atoms with Gasteiger partial charge >= 0.3 is 0 Å². The van der Waals surface area contributed by atoms with Crippen LogP contribution in [0.15, 0.2) is 60.7 Å². The van der Waals surface area contributed by atoms with Crippen molar-refractivity contribution in [3.8, 4) is 0 Å². The van der Waals surface area contributed by atoms with Crippen LogP contribution in [0.1, 0.15) is 29.9 Å². The molecule has 150 valence electrons. The lowest BCUT2D eigenvalue weighted by atomic mass is 9.88. The monoisotopic (exact) mass is 397 g/mol. The predicted octanol–water partition coefficient (Wildman–Crippen LogP) is 3.40. The highest BCUT2D eigenvalue weighted by Gasteiger charge is 2.13. The van der Waals surface area contributed by atoms with Gasteiger partial charge in [-0.25, -0.2) is 0 Å². The van der Waals surface area contributed by atoms with Gasteiger partial charge in [0, 0.05) is 32.1 Å². The van der Waals surface area contributed by atoms with Crippen LogP contribution in [0, 0.1) is 0 Å². The molecule has 1 heterocycles. The summed E-state index contributed by atoms with van der Waals surface area (Å²) in [5.74, 6) is 0.374. The molecule has 4 nitrogen and oxygen atoms in total. The lowest BCUT2D eigenvalue weighted by Gasteiger charge is -2.26. The highest BCUT2D eigenvalue weighted by atomic mass is 32.1. The molecule has 3 rings (SSSR count). The first-order chi connectivity index (χ1) is 13.8. The zero-order chi connectivity index (χ0) is 19.4. The van der Waals surface area contributed by atoms with Gasteiger partial charge in [-0.3, -0.25) is 4.90 Å². The molecule has 1 fully saturated rings. The number of nitrogens with zero attached hydrogens (tertiary/aromatic N) is 1. The molecular weight excluding hydrogens is 366 g/mol. The molecule has 2 aromatic carbocycles. The second-order valence-electron chi connectivity index (χ2n) is 7.15. The van der Waals surface area contributed by atoms with Gasteiger partial charge in [0.05, 0.1) is 13.2 Å². The van der Waals surface area contributed by atoms with Crippen molar-refractivity contribution in [3.63, 3.8) is 0 Å². The van der Waals surface area contributed by atoms with Crippen LogP contribution in [0.2, 0.25) is 0 Å². The van der Waals surface area contributed by atoms with Gasteiger partial charge in [0.25, 0.3) is 0 Å². The highest BCUT2D eigenvalue weighted by molar-refractivity contribution is 7.80. The van der Waals surface area contributed by atoms with Crippen LogP contribution in [0.25, 0.3) is 0 Å². The topological polar surface area (TPSA) is 36.5 Å². The summed E-state index contributed by atoms with van der Waals surface area (Å²) in [4.78, 5) is 2.45. The molecule has 0 radical (unpaired) electrons. The maximum absolute atomic E-state index is 5.45. The van der Waals surface area contributed by atoms with Crippen LogP contribution in [-0.2, 0) is 4.74 Å². The number of nitrogens with one attached hydrogen (secondary N) is 2. The highest BCUT2D eigenvalue weighted by Crippen LogP contribution is 2.27. The van der Waals surface area contributed by atoms with E-state index >= 15 is 0 Å². The molecule has 5 heteroatoms. The van der Waals surface area contributed by atoms with E-state index in [2.05, 4.69) is 76.2 Å². The normalized spacial score (nSPS) is 14.8. The Kier molecular flexibility index (Phi) is 8.75. The molecule has 0 amide bonds. The van der Waals surface area contributed by atoms with Gasteiger partial charge in [0.2, 0.25) is 0 Å². The van der Waals surface area contributed by atoms with E-state index < -0.39 is 0 Å². The van der Waals surface area contributed by atoms with Crippen molar-refractivity contribution in [2.75, 3.05) is 45.9 Å². The van der Waals surface area contributed by atoms with Crippen molar-refractivity contribution >= 4 is 17.3 Å². The van der Waals surface area contributed by atoms with Crippen molar-refractivity contribution in [2.45, 2.75) is 18.8 Å². The van der Waals surface area contributed by atoms with Crippen LogP contribution < -0.4 is 10.6 Å². The minimum absolute atomic E-state index is 0.374. The molecule has 0 bridgehead atoms. The van der Waals surface area contributed by atoms with E-state index in [1.165, 1.54) is 11.1 Å². The summed E-state index contributed by atoms with van der Waals surface area (Å²) < 4.78 is 5.38. The zero-order valence-corrected chi connectivity index (χ0v) is 17.3. The van der Waals surface area contributed by atoms with E-state index in [4.69, 9.17) is 17.0 Å². The van der Waals surface area contributed by atoms with Gasteiger partial charge in [0.15, 0.2) is 5.11 Å². The predicted molar refractivity (Wildman–Crippen MR) is 120 cm³/mol. The van der Waals surface area contributed by atoms with Crippen molar-refractivity contribution in [1.82, 2.24) is 15.5 Å². The second-order valence-corrected chi connectivity index (χ2v) is 7.56. The van der Waals surface area contributed by atoms with E-state index in [1.54, 1.807) is 0 Å². The number of rotatable bonds is 9. The molecule has 1 saturated heterocycles. The SMILES string of the molecule is S=C(NCCCN1CCOCC1)NCCC(c1ccccc1)c1ccccc1. The molecule has 0 aliphatic carbocycles. The van der Waals surface area contributed by atoms with Gasteiger partial charge < -0.3 is 15.4 Å². The number of benzene rings is 2. The van der Waals surface area contributed by atoms with Gasteiger partial charge in [-0.1, -0.05) is 60.7 Å². The molecule has 28 heavy (non-hydrogen) atoms. The molecular formula is C23H31N3OS. The number of hydrogen-bond acceptors (Lipinski definition) is 3. The summed E-state index contributed by atoms with van der Waals surface area (Å²) in [6.45, 7) is 6.66. The van der Waals surface area contributed by atoms with Crippen molar-refractivity contribution in [1.29, 1.82) is 0 Å². The van der Waals surface area contributed by atoms with Gasteiger partial charge in [-0.05, 0) is 42.7 Å². The largest absolute Gasteiger partial charge is 0.379 e. The van der Waals surface area contributed by atoms with E-state index in [0.29, 0.717) is 5.92 Å². The van der Waals surface area contributed by atoms with Crippen LogP contribution in [0.3, 0.4) is 0 Å². The van der Waals surface area contributed by atoms with E-state index in [0.717, 1.165) is 63.9 Å². The molecule has 0 unspecified atom stereocenters. The fourth-order valence-electron chi connectivity index (χ4n) is 3.62. The fraction of sp³-hybridized carbons (Fsp3) is 0.435. The Hall–Kier alpha value is -1.95. The van der Waals surface area contributed by atoms with Crippen molar-refractivity contribution in [2.24, 2.45) is 0 Å². The van der Waals surface area contributed by atoms with Crippen molar-refractivity contribution in [3.05, 3.63) is 71.8 Å². The number of hydrogen-bond donors (Lipinski definition) is 2. The average Bonchev–Trinajstić information content (AvgIpc) is 2.76. The minimum atomic E-state index is 0.374. The lowest BCUT2D eigenvalue weighted by molar-refractivity contribution is 0.0376. The zero-order valence-electron chi connectivity index (χ0n) is 16.5. The third-order valence-corrected chi connectivity index (χ3v) is 5.45. The number of thiocarbonyl (C=S) groups is 1. The molecule has 1 aliphatic rings. The van der Waals surface area contributed by atoms with Crippen LogP contribution in [-0.4, -0.2) is 55.9 Å². The first kappa shape index (κ1) is 20.8. The first-order valence-corrected chi connectivity index (χ1v) is 10.7. The molecule has 0 aromatic heterocycles. The molecule has 0 saturated carbocycles. The van der Waals surface area contributed by atoms with Crippen LogP contribution in [0.4, 0.5) is 0 Å². The van der Waals surface area contributed by atoms with Gasteiger partial charge in [-0.15, -0.1) is 0 Å². The molecule has 0 atom stereocenters. The first-order valence-electron chi connectivity index (χ1n) is 10.2. The lowest BCUT2D eigenvalue weighted by Crippen LogP contribution is -2.40. The van der Waals surface area contributed by atoms with E-state index in [1.807, 2.05) is 0 Å². The van der Waals surface area contributed by atoms with Crippen LogP contribution in [0.5, 0.6) is 0 Å². The second kappa shape index (κ2) is 11.8. The number of ether oxygens (including phenoxy) is 1. The quantitative estimate of drug-likeness (QED) is 0.501. The Morgan fingerprint density at radius 1 is 0.893 bits per heavy atom. The summed E-state index contributed by atoms with van der Waals surface area (Å²) in [6, 6.07) is 21.4. The Balaban J connectivity index is 1.39. The summed E-state index contributed by atoms with van der Waals surface area (Å²) >= 11 is 5.45. The molecule has 1 aliphatic heterocycles. The maximum atomic E-state index is 5.45. The smallest absolute Gasteiger partial charge is 0.166 e. The summed E-state index contributed by atoms with van der Waals surface area (Å²) in [5.41, 5.74) is 2.69. The third kappa shape index (κ3) is 6.89. The Morgan fingerprint density at radius 2 is 1.46 bits per heavy atom. The van der Waals surface area contributed by atoms with Gasteiger partial charge in [-0.2, -0.15) is 0 Å². The standard InChI is InChI=1S/C23H31N3OS/c28-23(24-13-7-15-26-16-18-27-19-17-26)25-14-12-22(20-8-3-1-4-9-20)21-10-5-2-6-11-21/h1-6,8-11,22H,7,12-19H2,(H2,24,25,28). The molecule has 0 spiro atoms. The Morgan fingerprint density at radius 3 is 2.07 bits per heavy atom. The number of morpholine rings is 1.